The third-order valence-electron chi connectivity index (χ3n) is 4.94. The molecule has 0 radical (unpaired) electrons. The van der Waals surface area contributed by atoms with Crippen molar-refractivity contribution in [1.82, 2.24) is 20.3 Å². The van der Waals surface area contributed by atoms with Crippen LogP contribution in [0.25, 0.3) is 0 Å². The molecule has 1 atom stereocenters. The van der Waals surface area contributed by atoms with Gasteiger partial charge in [0.1, 0.15) is 11.3 Å². The number of ether oxygens (including phenoxy) is 1. The molecule has 1 aromatic heterocycles. The molecule has 1 unspecified atom stereocenters. The molecule has 1 aromatic carbocycles. The molecule has 2 aliphatic heterocycles. The number of hydrogen-bond acceptors (Lipinski definition) is 6. The number of H-pyrrole nitrogens is 1. The number of benzene rings is 1. The average Bonchev–Trinajstić information content (AvgIpc) is 3.28. The quantitative estimate of drug-likeness (QED) is 0.861. The lowest BCUT2D eigenvalue weighted by molar-refractivity contribution is 0.0409. The predicted molar refractivity (Wildman–Crippen MR) is 89.6 cm³/mol. The molecular weight excluding hydrogens is 306 g/mol. The van der Waals surface area contributed by atoms with Crippen molar-refractivity contribution in [3.8, 4) is 0 Å². The first-order chi connectivity index (χ1) is 11.7. The topological polar surface area (TPSA) is 77.5 Å². The van der Waals surface area contributed by atoms with E-state index in [1.165, 1.54) is 11.3 Å². The van der Waals surface area contributed by atoms with Gasteiger partial charge in [0.25, 0.3) is 0 Å². The molecular formula is C17H23N5O2. The van der Waals surface area contributed by atoms with Crippen LogP contribution in [0.1, 0.15) is 17.7 Å². The highest BCUT2D eigenvalue weighted by Crippen LogP contribution is 2.31. The zero-order chi connectivity index (χ0) is 16.4. The first kappa shape index (κ1) is 15.6. The zero-order valence-electron chi connectivity index (χ0n) is 13.7. The second kappa shape index (κ2) is 6.51. The molecule has 0 aliphatic carbocycles. The minimum atomic E-state index is -0.888. The Morgan fingerprint density at radius 2 is 1.96 bits per heavy atom. The molecule has 0 spiro atoms. The van der Waals surface area contributed by atoms with E-state index in [2.05, 4.69) is 49.5 Å². The van der Waals surface area contributed by atoms with E-state index >= 15 is 0 Å². The third kappa shape index (κ3) is 3.15. The lowest BCUT2D eigenvalue weighted by Crippen LogP contribution is -2.36. The van der Waals surface area contributed by atoms with Gasteiger partial charge in [0.15, 0.2) is 0 Å². The SMILES string of the molecule is OC1(c2cn[nH]n2)CCN(Cc2ccc(N3CCOCC3)cc2)C1. The monoisotopic (exact) mass is 329 g/mol. The summed E-state index contributed by atoms with van der Waals surface area (Å²) in [5.41, 5.74) is 2.26. The van der Waals surface area contributed by atoms with Crippen LogP contribution >= 0.6 is 0 Å². The van der Waals surface area contributed by atoms with Crippen LogP contribution < -0.4 is 4.90 Å². The van der Waals surface area contributed by atoms with Crippen LogP contribution in [0.5, 0.6) is 0 Å². The Hall–Kier alpha value is -1.96. The van der Waals surface area contributed by atoms with Gasteiger partial charge in [-0.3, -0.25) is 4.90 Å². The predicted octanol–water partition coefficient (Wildman–Crippen LogP) is 0.735. The summed E-state index contributed by atoms with van der Waals surface area (Å²) < 4.78 is 5.40. The number of hydrogen-bond donors (Lipinski definition) is 2. The molecule has 0 saturated carbocycles. The minimum Gasteiger partial charge on any atom is -0.382 e. The van der Waals surface area contributed by atoms with E-state index < -0.39 is 5.60 Å². The number of nitrogens with one attached hydrogen (secondary N) is 1. The number of β-amino-alcohol motifs (C(OH)–C–C–N with tert-alkyl or cyclic N) is 1. The van der Waals surface area contributed by atoms with Crippen molar-refractivity contribution in [1.29, 1.82) is 0 Å². The Morgan fingerprint density at radius 3 is 2.67 bits per heavy atom. The van der Waals surface area contributed by atoms with Gasteiger partial charge in [-0.1, -0.05) is 12.1 Å². The molecule has 128 valence electrons. The minimum absolute atomic E-state index is 0.588. The summed E-state index contributed by atoms with van der Waals surface area (Å²) in [4.78, 5) is 4.62. The van der Waals surface area contributed by atoms with Crippen molar-refractivity contribution < 1.29 is 9.84 Å². The average molecular weight is 329 g/mol. The van der Waals surface area contributed by atoms with Crippen LogP contribution in [-0.4, -0.2) is 64.8 Å². The summed E-state index contributed by atoms with van der Waals surface area (Å²) in [6.45, 7) is 5.79. The molecule has 7 nitrogen and oxygen atoms in total. The Bertz CT molecular complexity index is 654. The van der Waals surface area contributed by atoms with Crippen LogP contribution in [0.15, 0.2) is 30.5 Å². The zero-order valence-corrected chi connectivity index (χ0v) is 13.7. The lowest BCUT2D eigenvalue weighted by Gasteiger charge is -2.29. The van der Waals surface area contributed by atoms with Gasteiger partial charge >= 0.3 is 0 Å². The van der Waals surface area contributed by atoms with Gasteiger partial charge in [-0.15, -0.1) is 0 Å². The number of rotatable bonds is 4. The standard InChI is InChI=1S/C17H23N5O2/c23-17(16-11-18-20-19-16)5-6-21(13-17)12-14-1-3-15(4-2-14)22-7-9-24-10-8-22/h1-4,11,23H,5-10,12-13H2,(H,18,19,20). The smallest absolute Gasteiger partial charge is 0.124 e. The van der Waals surface area contributed by atoms with Gasteiger partial charge in [0.05, 0.1) is 19.4 Å². The van der Waals surface area contributed by atoms with Gasteiger partial charge in [-0.25, -0.2) is 0 Å². The van der Waals surface area contributed by atoms with E-state index in [9.17, 15) is 5.11 Å². The second-order valence-electron chi connectivity index (χ2n) is 6.61. The van der Waals surface area contributed by atoms with Crippen molar-refractivity contribution in [2.45, 2.75) is 18.6 Å². The highest BCUT2D eigenvalue weighted by Gasteiger charge is 2.39. The Morgan fingerprint density at radius 1 is 1.17 bits per heavy atom. The normalized spacial score (nSPS) is 25.3. The number of nitrogens with zero attached hydrogens (tertiary/aromatic N) is 4. The number of likely N-dealkylation sites (tertiary alicyclic amines) is 1. The second-order valence-corrected chi connectivity index (χ2v) is 6.61. The summed E-state index contributed by atoms with van der Waals surface area (Å²) in [5, 5.41) is 21.2. The van der Waals surface area contributed by atoms with Crippen LogP contribution in [0.4, 0.5) is 5.69 Å². The van der Waals surface area contributed by atoms with E-state index in [-0.39, 0.29) is 0 Å². The van der Waals surface area contributed by atoms with Crippen molar-refractivity contribution in [3.05, 3.63) is 41.7 Å². The van der Waals surface area contributed by atoms with E-state index in [1.807, 2.05) is 0 Å². The maximum absolute atomic E-state index is 10.7. The fourth-order valence-electron chi connectivity index (χ4n) is 3.53. The van der Waals surface area contributed by atoms with Gasteiger partial charge in [0.2, 0.25) is 0 Å². The molecule has 2 saturated heterocycles. The fraction of sp³-hybridized carbons (Fsp3) is 0.529. The highest BCUT2D eigenvalue weighted by molar-refractivity contribution is 5.47. The van der Waals surface area contributed by atoms with Gasteiger partial charge in [-0.05, 0) is 24.1 Å². The number of aromatic nitrogens is 3. The molecule has 4 rings (SSSR count). The van der Waals surface area contributed by atoms with Crippen LogP contribution in [0, 0.1) is 0 Å². The number of aromatic amines is 1. The summed E-state index contributed by atoms with van der Waals surface area (Å²) in [7, 11) is 0. The van der Waals surface area contributed by atoms with Gasteiger partial charge in [0, 0.05) is 38.4 Å². The van der Waals surface area contributed by atoms with Crippen molar-refractivity contribution in [2.24, 2.45) is 0 Å². The molecule has 2 fully saturated rings. The largest absolute Gasteiger partial charge is 0.382 e. The van der Waals surface area contributed by atoms with Crippen LogP contribution in [0.3, 0.4) is 0 Å². The highest BCUT2D eigenvalue weighted by atomic mass is 16.5. The molecule has 3 heterocycles. The summed E-state index contributed by atoms with van der Waals surface area (Å²) in [6, 6.07) is 8.72. The van der Waals surface area contributed by atoms with Gasteiger partial charge < -0.3 is 14.7 Å². The van der Waals surface area contributed by atoms with Crippen LogP contribution in [-0.2, 0) is 16.9 Å². The first-order valence-electron chi connectivity index (χ1n) is 8.46. The van der Waals surface area contributed by atoms with Crippen molar-refractivity contribution in [3.63, 3.8) is 0 Å². The molecule has 7 heteroatoms. The van der Waals surface area contributed by atoms with E-state index in [0.29, 0.717) is 18.7 Å². The number of anilines is 1. The molecule has 2 aliphatic rings. The Balaban J connectivity index is 1.37. The molecule has 0 amide bonds. The maximum Gasteiger partial charge on any atom is 0.124 e. The van der Waals surface area contributed by atoms with Crippen LogP contribution in [0.2, 0.25) is 0 Å². The van der Waals surface area contributed by atoms with E-state index in [1.54, 1.807) is 6.20 Å². The fourth-order valence-corrected chi connectivity index (χ4v) is 3.53. The molecule has 0 bridgehead atoms. The summed E-state index contributed by atoms with van der Waals surface area (Å²) in [6.07, 6.45) is 2.30. The molecule has 2 N–H and O–H groups in total. The number of morpholine rings is 1. The number of aliphatic hydroxyl groups is 1. The van der Waals surface area contributed by atoms with Crippen molar-refractivity contribution >= 4 is 5.69 Å². The molecule has 24 heavy (non-hydrogen) atoms. The molecule has 2 aromatic rings. The van der Waals surface area contributed by atoms with Crippen molar-refractivity contribution in [2.75, 3.05) is 44.3 Å². The summed E-state index contributed by atoms with van der Waals surface area (Å²) in [5.74, 6) is 0. The third-order valence-corrected chi connectivity index (χ3v) is 4.94. The Kier molecular flexibility index (Phi) is 4.22. The van der Waals surface area contributed by atoms with E-state index in [4.69, 9.17) is 4.74 Å². The first-order valence-corrected chi connectivity index (χ1v) is 8.46. The Labute approximate surface area is 141 Å². The summed E-state index contributed by atoms with van der Waals surface area (Å²) >= 11 is 0. The lowest BCUT2D eigenvalue weighted by atomic mass is 10.00. The van der Waals surface area contributed by atoms with Gasteiger partial charge in [-0.2, -0.15) is 15.4 Å². The maximum atomic E-state index is 10.7. The van der Waals surface area contributed by atoms with E-state index in [0.717, 1.165) is 39.4 Å².